The van der Waals surface area contributed by atoms with Crippen molar-refractivity contribution in [2.45, 2.75) is 0 Å². The van der Waals surface area contributed by atoms with Gasteiger partial charge in [-0.15, -0.1) is 0 Å². The monoisotopic (exact) mass is 201 g/mol. The average molecular weight is 201 g/mol. The Morgan fingerprint density at radius 3 is 1.67 bits per heavy atom. The van der Waals surface area contributed by atoms with Crippen molar-refractivity contribution in [3.05, 3.63) is 29.3 Å². The zero-order chi connectivity index (χ0) is 5.98. The predicted molar refractivity (Wildman–Crippen MR) is 53.3 cm³/mol. The second-order valence-electron chi connectivity index (χ2n) is 1.52. The van der Waals surface area contributed by atoms with Crippen molar-refractivity contribution < 1.29 is 14.1 Å². The second kappa shape index (κ2) is 10.2. The molecule has 0 saturated heterocycles. The van der Waals surface area contributed by atoms with Gasteiger partial charge in [0.1, 0.15) is 0 Å². The molecular weight excluding hydrogens is 189 g/mol. The maximum Gasteiger partial charge on any atom is 0.0814 e. The van der Waals surface area contributed by atoms with Gasteiger partial charge in [-0.05, 0) is 12.1 Å². The van der Waals surface area contributed by atoms with Crippen molar-refractivity contribution in [3.63, 3.8) is 0 Å². The zero-order valence-corrected chi connectivity index (χ0v) is 6.25. The number of benzene rings is 1. The number of rotatable bonds is 0. The molecule has 0 aliphatic rings. The Balaban J connectivity index is -0.0000000800. The molecule has 1 rings (SSSR count). The van der Waals surface area contributed by atoms with E-state index < -0.39 is 0 Å². The molecule has 0 aliphatic carbocycles. The van der Waals surface area contributed by atoms with Crippen LogP contribution in [0.15, 0.2) is 24.3 Å². The summed E-state index contributed by atoms with van der Waals surface area (Å²) < 4.78 is 0. The van der Waals surface area contributed by atoms with Gasteiger partial charge in [-0.1, -0.05) is 23.7 Å². The van der Waals surface area contributed by atoms with E-state index in [1.807, 2.05) is 12.1 Å². The van der Waals surface area contributed by atoms with E-state index in [-0.39, 0.29) is 22.5 Å². The SMILES string of the molecule is B.F.F.F.Nc1ccccc1Cl. The number of nitrogens with two attached hydrogens (primary N) is 1. The molecule has 1 aromatic carbocycles. The van der Waals surface area contributed by atoms with Crippen molar-refractivity contribution in [2.75, 3.05) is 5.73 Å². The van der Waals surface area contributed by atoms with Crippen LogP contribution in [-0.2, 0) is 0 Å². The van der Waals surface area contributed by atoms with Crippen LogP contribution in [0.1, 0.15) is 0 Å². The Morgan fingerprint density at radius 2 is 1.42 bits per heavy atom. The maximum absolute atomic E-state index is 5.58. The van der Waals surface area contributed by atoms with Gasteiger partial charge in [0.2, 0.25) is 0 Å². The first-order valence-electron chi connectivity index (χ1n) is 2.31. The van der Waals surface area contributed by atoms with Crippen LogP contribution in [0.25, 0.3) is 0 Å². The highest BCUT2D eigenvalue weighted by molar-refractivity contribution is 6.33. The van der Waals surface area contributed by atoms with Crippen LogP contribution in [0.5, 0.6) is 0 Å². The lowest BCUT2D eigenvalue weighted by Crippen LogP contribution is -1.82. The summed E-state index contributed by atoms with van der Waals surface area (Å²) in [5.74, 6) is 0. The summed E-state index contributed by atoms with van der Waals surface area (Å²) in [4.78, 5) is 0. The smallest absolute Gasteiger partial charge is 0.0814 e. The van der Waals surface area contributed by atoms with Crippen LogP contribution in [0.4, 0.5) is 19.8 Å². The Kier molecular flexibility index (Phi) is 19.0. The number of halogens is 4. The number of hydrogen-bond acceptors (Lipinski definition) is 1. The molecule has 1 nitrogen and oxygen atoms in total. The fourth-order valence-electron chi connectivity index (χ4n) is 0.475. The van der Waals surface area contributed by atoms with E-state index in [9.17, 15) is 0 Å². The first-order valence-corrected chi connectivity index (χ1v) is 2.68. The zero-order valence-electron chi connectivity index (χ0n) is 5.49. The topological polar surface area (TPSA) is 26.0 Å². The summed E-state index contributed by atoms with van der Waals surface area (Å²) >= 11 is 5.58. The van der Waals surface area contributed by atoms with Gasteiger partial charge in [0.25, 0.3) is 0 Å². The van der Waals surface area contributed by atoms with E-state index in [4.69, 9.17) is 17.3 Å². The van der Waals surface area contributed by atoms with E-state index in [1.54, 1.807) is 12.1 Å². The van der Waals surface area contributed by atoms with Crippen LogP contribution in [0.3, 0.4) is 0 Å². The largest absolute Gasteiger partial charge is 0.398 e. The lowest BCUT2D eigenvalue weighted by Gasteiger charge is -1.91. The highest BCUT2D eigenvalue weighted by atomic mass is 35.5. The van der Waals surface area contributed by atoms with E-state index >= 15 is 0 Å². The highest BCUT2D eigenvalue weighted by Crippen LogP contribution is 2.15. The van der Waals surface area contributed by atoms with Crippen molar-refractivity contribution in [1.29, 1.82) is 0 Å². The van der Waals surface area contributed by atoms with Crippen LogP contribution >= 0.6 is 11.6 Å². The third kappa shape index (κ3) is 5.91. The van der Waals surface area contributed by atoms with Crippen LogP contribution in [-0.4, -0.2) is 8.41 Å². The molecule has 0 aromatic heterocycles. The molecule has 6 heteroatoms. The fourth-order valence-corrected chi connectivity index (χ4v) is 0.611. The molecule has 0 heterocycles. The first kappa shape index (κ1) is 22.5. The minimum absolute atomic E-state index is 0. The lowest BCUT2D eigenvalue weighted by atomic mass is 10.3. The quantitative estimate of drug-likeness (QED) is 0.495. The van der Waals surface area contributed by atoms with Crippen molar-refractivity contribution in [2.24, 2.45) is 0 Å². The van der Waals surface area contributed by atoms with Gasteiger partial charge in [0.15, 0.2) is 0 Å². The molecule has 0 fully saturated rings. The summed E-state index contributed by atoms with van der Waals surface area (Å²) in [7, 11) is 0. The standard InChI is InChI=1S/C6H6ClN.BH3.3FH/c7-5-3-1-2-4-6(5)8;;;;/h1-4H,8H2;1H3;3*1H. The lowest BCUT2D eigenvalue weighted by molar-refractivity contribution is 1.11. The summed E-state index contributed by atoms with van der Waals surface area (Å²) in [5.41, 5.74) is 6.02. The van der Waals surface area contributed by atoms with Gasteiger partial charge in [-0.2, -0.15) is 0 Å². The normalized spacial score (nSPS) is 6.08. The highest BCUT2D eigenvalue weighted by Gasteiger charge is 1.87. The van der Waals surface area contributed by atoms with Gasteiger partial charge in [0, 0.05) is 0 Å². The second-order valence-corrected chi connectivity index (χ2v) is 1.93. The van der Waals surface area contributed by atoms with E-state index in [0.29, 0.717) is 10.7 Å². The maximum atomic E-state index is 5.58. The Hall–Kier alpha value is -0.835. The summed E-state index contributed by atoms with van der Waals surface area (Å²) in [6, 6.07) is 7.22. The third-order valence-electron chi connectivity index (χ3n) is 0.905. The van der Waals surface area contributed by atoms with Crippen LogP contribution < -0.4 is 5.73 Å². The first-order chi connectivity index (χ1) is 3.80. The molecule has 12 heavy (non-hydrogen) atoms. The number of anilines is 1. The predicted octanol–water partition coefficient (Wildman–Crippen LogP) is 1.20. The van der Waals surface area contributed by atoms with Crippen molar-refractivity contribution in [1.82, 2.24) is 0 Å². The van der Waals surface area contributed by atoms with Crippen molar-refractivity contribution in [3.8, 4) is 0 Å². The summed E-state index contributed by atoms with van der Waals surface area (Å²) in [5, 5.41) is 0.618. The van der Waals surface area contributed by atoms with Gasteiger partial charge in [-0.3, -0.25) is 14.1 Å². The third-order valence-corrected chi connectivity index (χ3v) is 1.25. The molecule has 2 N–H and O–H groups in total. The van der Waals surface area contributed by atoms with E-state index in [0.717, 1.165) is 0 Å². The van der Waals surface area contributed by atoms with Crippen LogP contribution in [0, 0.1) is 0 Å². The molecule has 0 saturated carbocycles. The molecule has 0 spiro atoms. The van der Waals surface area contributed by atoms with Gasteiger partial charge < -0.3 is 5.73 Å². The fraction of sp³-hybridized carbons (Fsp3) is 0. The van der Waals surface area contributed by atoms with Gasteiger partial charge >= 0.3 is 0 Å². The minimum Gasteiger partial charge on any atom is -0.398 e. The van der Waals surface area contributed by atoms with Gasteiger partial charge in [0.05, 0.1) is 19.1 Å². The molecule has 0 atom stereocenters. The molecule has 72 valence electrons. The minimum atomic E-state index is 0. The van der Waals surface area contributed by atoms with Crippen LogP contribution in [0.2, 0.25) is 5.02 Å². The molecule has 0 aliphatic heterocycles. The molecule has 0 radical (unpaired) electrons. The molecule has 1 aromatic rings. The molecule has 0 bridgehead atoms. The Labute approximate surface area is 75.6 Å². The van der Waals surface area contributed by atoms with E-state index in [2.05, 4.69) is 0 Å². The Bertz CT molecular complexity index is 179. The summed E-state index contributed by atoms with van der Waals surface area (Å²) in [6.07, 6.45) is 0. The molecular formula is C6H12BClF3N. The number of nitrogen functional groups attached to an aromatic ring is 1. The van der Waals surface area contributed by atoms with Crippen molar-refractivity contribution >= 4 is 25.7 Å². The summed E-state index contributed by atoms with van der Waals surface area (Å²) in [6.45, 7) is 0. The average Bonchev–Trinajstić information content (AvgIpc) is 1.77. The van der Waals surface area contributed by atoms with E-state index in [1.165, 1.54) is 0 Å². The molecule has 0 unspecified atom stereocenters. The molecule has 0 amide bonds. The number of hydrogen-bond donors (Lipinski definition) is 1. The van der Waals surface area contributed by atoms with Gasteiger partial charge in [-0.25, -0.2) is 0 Å². The number of para-hydroxylation sites is 1. The Morgan fingerprint density at radius 1 is 1.00 bits per heavy atom.